The van der Waals surface area contributed by atoms with E-state index in [1.807, 2.05) is 24.3 Å². The van der Waals surface area contributed by atoms with E-state index in [1.54, 1.807) is 18.2 Å². The van der Waals surface area contributed by atoms with Gasteiger partial charge in [-0.25, -0.2) is 4.31 Å². The van der Waals surface area contributed by atoms with E-state index in [0.29, 0.717) is 56.0 Å². The lowest BCUT2D eigenvalue weighted by molar-refractivity contribution is -0.136. The first-order valence-electron chi connectivity index (χ1n) is 12.4. The van der Waals surface area contributed by atoms with Crippen LogP contribution in [0.5, 0.6) is 5.75 Å². The van der Waals surface area contributed by atoms with Crippen LogP contribution in [-0.2, 0) is 29.3 Å². The van der Waals surface area contributed by atoms with Gasteiger partial charge in [-0.3, -0.25) is 24.6 Å². The Labute approximate surface area is 222 Å². The van der Waals surface area contributed by atoms with Gasteiger partial charge in [-0.15, -0.1) is 0 Å². The van der Waals surface area contributed by atoms with E-state index in [0.717, 1.165) is 11.1 Å². The topological polar surface area (TPSA) is 82.2 Å². The average molecular weight is 549 g/mol. The summed E-state index contributed by atoms with van der Waals surface area (Å²) in [5.41, 5.74) is -1.08. The zero-order chi connectivity index (χ0) is 26.9. The molecule has 1 N–H and O–H groups in total. The van der Waals surface area contributed by atoms with Crippen molar-refractivity contribution in [2.45, 2.75) is 44.1 Å². The normalized spacial score (nSPS) is 21.0. The maximum atomic E-state index is 13.0. The number of piperidine rings is 1. The molecule has 3 aliphatic rings. The van der Waals surface area contributed by atoms with Crippen molar-refractivity contribution in [2.24, 2.45) is 0 Å². The summed E-state index contributed by atoms with van der Waals surface area (Å²) in [5, 5.41) is 2.31. The summed E-state index contributed by atoms with van der Waals surface area (Å²) in [6, 6.07) is 12.4. The van der Waals surface area contributed by atoms with Crippen molar-refractivity contribution >= 4 is 29.7 Å². The van der Waals surface area contributed by atoms with E-state index < -0.39 is 17.5 Å². The lowest BCUT2D eigenvalue weighted by Crippen LogP contribution is -2.52. The van der Waals surface area contributed by atoms with Crippen LogP contribution in [0.2, 0.25) is 0 Å². The molecule has 8 nitrogen and oxygen atoms in total. The summed E-state index contributed by atoms with van der Waals surface area (Å²) in [7, 11) is 0. The van der Waals surface area contributed by atoms with Gasteiger partial charge in [0.25, 0.3) is 5.91 Å². The zero-order valence-corrected chi connectivity index (χ0v) is 21.3. The smallest absolute Gasteiger partial charge is 0.456 e. The lowest BCUT2D eigenvalue weighted by atomic mass is 10.0. The van der Waals surface area contributed by atoms with Gasteiger partial charge in [0.2, 0.25) is 11.8 Å². The average Bonchev–Trinajstić information content (AvgIpc) is 3.20. The van der Waals surface area contributed by atoms with Crippen molar-refractivity contribution in [2.75, 3.05) is 26.2 Å². The van der Waals surface area contributed by atoms with Crippen molar-refractivity contribution in [3.05, 3.63) is 64.7 Å². The monoisotopic (exact) mass is 548 g/mol. The van der Waals surface area contributed by atoms with Gasteiger partial charge in [0.15, 0.2) is 0 Å². The van der Waals surface area contributed by atoms with Gasteiger partial charge in [-0.05, 0) is 29.7 Å². The molecule has 0 bridgehead atoms. The van der Waals surface area contributed by atoms with Crippen LogP contribution < -0.4 is 10.1 Å². The highest BCUT2D eigenvalue weighted by Crippen LogP contribution is 2.35. The molecule has 2 aromatic rings. The number of hydrogen-bond donors (Lipinski definition) is 1. The maximum absolute atomic E-state index is 13.0. The van der Waals surface area contributed by atoms with Gasteiger partial charge in [-0.2, -0.15) is 13.2 Å². The summed E-state index contributed by atoms with van der Waals surface area (Å²) in [6.45, 7) is 2.94. The largest absolute Gasteiger partial charge is 0.489 e. The van der Waals surface area contributed by atoms with Crippen LogP contribution in [0.15, 0.2) is 42.5 Å². The molecule has 3 aliphatic heterocycles. The highest BCUT2D eigenvalue weighted by atomic mass is 32.2. The van der Waals surface area contributed by atoms with E-state index in [-0.39, 0.29) is 43.3 Å². The molecule has 0 saturated carbocycles. The molecule has 2 saturated heterocycles. The summed E-state index contributed by atoms with van der Waals surface area (Å²) < 4.78 is 45.3. The quantitative estimate of drug-likeness (QED) is 0.420. The van der Waals surface area contributed by atoms with E-state index in [1.165, 1.54) is 9.21 Å². The summed E-state index contributed by atoms with van der Waals surface area (Å²) >= 11 is -0.0574. The van der Waals surface area contributed by atoms with Crippen molar-refractivity contribution in [3.8, 4) is 5.75 Å². The van der Waals surface area contributed by atoms with Gasteiger partial charge in [0, 0.05) is 62.2 Å². The Kier molecular flexibility index (Phi) is 7.64. The Balaban J connectivity index is 1.19. The molecule has 38 heavy (non-hydrogen) atoms. The van der Waals surface area contributed by atoms with Crippen LogP contribution in [0.25, 0.3) is 0 Å². The number of nitrogens with zero attached hydrogens (tertiary/aromatic N) is 3. The number of imide groups is 1. The second-order valence-corrected chi connectivity index (χ2v) is 10.7. The standard InChI is InChI=1S/C26H27F3N4O4S/c27-26(28,29)38-32-11-9-31(10-12-32)14-17-3-1-4-18(13-17)16-37-22-6-2-5-19-20(22)15-33(25(19)36)21-7-8-23(34)30-24(21)35/h1-6,13,21H,7-12,14-16H2,(H,30,34,35). The summed E-state index contributed by atoms with van der Waals surface area (Å²) in [6.07, 6.45) is 0.488. The molecule has 1 atom stereocenters. The predicted molar refractivity (Wildman–Crippen MR) is 134 cm³/mol. The number of piperazine rings is 1. The Hall–Kier alpha value is -3.09. The number of carbonyl (C=O) groups excluding carboxylic acids is 3. The molecule has 0 radical (unpaired) electrons. The number of halogens is 3. The molecule has 3 heterocycles. The van der Waals surface area contributed by atoms with Crippen molar-refractivity contribution in [1.29, 1.82) is 0 Å². The minimum atomic E-state index is -4.26. The highest BCUT2D eigenvalue weighted by molar-refractivity contribution is 7.97. The van der Waals surface area contributed by atoms with Gasteiger partial charge >= 0.3 is 5.51 Å². The number of nitrogens with one attached hydrogen (secondary N) is 1. The van der Waals surface area contributed by atoms with E-state index >= 15 is 0 Å². The number of benzene rings is 2. The van der Waals surface area contributed by atoms with Gasteiger partial charge in [-0.1, -0.05) is 30.3 Å². The third-order valence-electron chi connectivity index (χ3n) is 6.89. The minimum absolute atomic E-state index is 0.0574. The number of fused-ring (bicyclic) bond motifs is 1. The maximum Gasteiger partial charge on any atom is 0.456 e. The Morgan fingerprint density at radius 3 is 2.47 bits per heavy atom. The molecule has 0 aromatic heterocycles. The lowest BCUT2D eigenvalue weighted by Gasteiger charge is -2.34. The predicted octanol–water partition coefficient (Wildman–Crippen LogP) is 3.31. The van der Waals surface area contributed by atoms with E-state index in [4.69, 9.17) is 4.74 Å². The van der Waals surface area contributed by atoms with Crippen molar-refractivity contribution in [1.82, 2.24) is 19.4 Å². The minimum Gasteiger partial charge on any atom is -0.489 e. The molecule has 1 unspecified atom stereocenters. The molecule has 0 spiro atoms. The van der Waals surface area contributed by atoms with Crippen LogP contribution >= 0.6 is 11.9 Å². The number of hydrogen-bond acceptors (Lipinski definition) is 7. The molecular formula is C26H27F3N4O4S. The first-order valence-corrected chi connectivity index (χ1v) is 13.1. The number of ether oxygens (including phenoxy) is 1. The van der Waals surface area contributed by atoms with Crippen LogP contribution in [0.3, 0.4) is 0 Å². The van der Waals surface area contributed by atoms with E-state index in [9.17, 15) is 27.6 Å². The SMILES string of the molecule is O=C1CCC(N2Cc3c(OCc4cccc(CN5CCN(SC(F)(F)F)CC5)c4)cccc3C2=O)C(=O)N1. The van der Waals surface area contributed by atoms with Crippen molar-refractivity contribution in [3.63, 3.8) is 0 Å². The number of alkyl halides is 3. The fourth-order valence-electron chi connectivity index (χ4n) is 5.05. The second kappa shape index (κ2) is 11.0. The number of carbonyl (C=O) groups is 3. The summed E-state index contributed by atoms with van der Waals surface area (Å²) in [4.78, 5) is 40.5. The fraction of sp³-hybridized carbons (Fsp3) is 0.423. The Morgan fingerprint density at radius 1 is 1.00 bits per heavy atom. The van der Waals surface area contributed by atoms with Crippen LogP contribution in [0.4, 0.5) is 13.2 Å². The van der Waals surface area contributed by atoms with Gasteiger partial charge in [0.05, 0.1) is 6.54 Å². The van der Waals surface area contributed by atoms with Gasteiger partial charge < -0.3 is 9.64 Å². The van der Waals surface area contributed by atoms with Gasteiger partial charge in [0.1, 0.15) is 18.4 Å². The number of amides is 3. The number of rotatable bonds is 7. The molecular weight excluding hydrogens is 521 g/mol. The third-order valence-corrected chi connectivity index (χ3v) is 7.73. The molecule has 5 rings (SSSR count). The first-order chi connectivity index (χ1) is 18.2. The zero-order valence-electron chi connectivity index (χ0n) is 20.5. The van der Waals surface area contributed by atoms with Crippen LogP contribution in [-0.4, -0.2) is 69.6 Å². The highest BCUT2D eigenvalue weighted by Gasteiger charge is 2.40. The molecule has 202 valence electrons. The molecule has 0 aliphatic carbocycles. The summed E-state index contributed by atoms with van der Waals surface area (Å²) in [5.74, 6) is -0.475. The Bertz CT molecular complexity index is 1230. The van der Waals surface area contributed by atoms with E-state index in [2.05, 4.69) is 10.2 Å². The molecule has 12 heteroatoms. The Morgan fingerprint density at radius 2 is 1.74 bits per heavy atom. The van der Waals surface area contributed by atoms with Crippen molar-refractivity contribution < 1.29 is 32.3 Å². The molecule has 3 amide bonds. The third kappa shape index (κ3) is 6.13. The fourth-order valence-corrected chi connectivity index (χ4v) is 5.69. The molecule has 2 aromatic carbocycles. The van der Waals surface area contributed by atoms with Crippen LogP contribution in [0, 0.1) is 0 Å². The van der Waals surface area contributed by atoms with Crippen LogP contribution in [0.1, 0.15) is 39.9 Å². The molecule has 2 fully saturated rings. The second-order valence-electron chi connectivity index (χ2n) is 9.53. The first kappa shape index (κ1) is 26.5.